The number of nitrogens with one attached hydrogen (secondary N) is 1. The van der Waals surface area contributed by atoms with Crippen molar-refractivity contribution in [1.29, 1.82) is 0 Å². The van der Waals surface area contributed by atoms with E-state index in [1.807, 2.05) is 27.0 Å². The summed E-state index contributed by atoms with van der Waals surface area (Å²) in [4.78, 5) is 18.4. The van der Waals surface area contributed by atoms with Gasteiger partial charge in [-0.1, -0.05) is 0 Å². The fourth-order valence-electron chi connectivity index (χ4n) is 2.94. The predicted molar refractivity (Wildman–Crippen MR) is 76.5 cm³/mol. The molecule has 1 fully saturated rings. The van der Waals surface area contributed by atoms with E-state index in [0.717, 1.165) is 43.0 Å². The molecule has 3 N–H and O–H groups in total. The van der Waals surface area contributed by atoms with E-state index in [1.165, 1.54) is 0 Å². The van der Waals surface area contributed by atoms with Gasteiger partial charge in [0.2, 0.25) is 0 Å². The largest absolute Gasteiger partial charge is 0.367 e. The number of carbonyl (C=O) groups excluding carboxylic acids is 1. The number of carbonyl (C=O) groups is 1. The Bertz CT molecular complexity index is 487. The SMILES string of the molecule is CNCC1CCCN1c1cc(C)nc(C)c1C(N)=O. The number of aromatic nitrogens is 1. The Balaban J connectivity index is 2.45. The average Bonchev–Trinajstić information content (AvgIpc) is 2.75. The number of nitrogens with zero attached hydrogens (tertiary/aromatic N) is 2. The van der Waals surface area contributed by atoms with Crippen molar-refractivity contribution in [3.8, 4) is 0 Å². The molecule has 1 aliphatic heterocycles. The number of aryl methyl sites for hydroxylation is 2. The maximum absolute atomic E-state index is 11.7. The number of pyridine rings is 1. The van der Waals surface area contributed by atoms with Crippen LogP contribution in [-0.4, -0.2) is 37.1 Å². The van der Waals surface area contributed by atoms with Crippen molar-refractivity contribution < 1.29 is 4.79 Å². The van der Waals surface area contributed by atoms with Crippen LogP contribution in [0.4, 0.5) is 5.69 Å². The van der Waals surface area contributed by atoms with Gasteiger partial charge >= 0.3 is 0 Å². The molecule has 5 heteroatoms. The molecule has 5 nitrogen and oxygen atoms in total. The second kappa shape index (κ2) is 5.57. The van der Waals surface area contributed by atoms with Gasteiger partial charge in [0, 0.05) is 24.8 Å². The molecule has 0 aliphatic carbocycles. The van der Waals surface area contributed by atoms with Crippen molar-refractivity contribution in [2.24, 2.45) is 5.73 Å². The minimum atomic E-state index is -0.393. The van der Waals surface area contributed by atoms with Gasteiger partial charge in [-0.05, 0) is 39.8 Å². The molecule has 0 saturated carbocycles. The lowest BCUT2D eigenvalue weighted by atomic mass is 10.1. The lowest BCUT2D eigenvalue weighted by molar-refractivity contribution is 0.0999. The van der Waals surface area contributed by atoms with Crippen LogP contribution < -0.4 is 16.0 Å². The Kier molecular flexibility index (Phi) is 4.04. The van der Waals surface area contributed by atoms with E-state index in [2.05, 4.69) is 15.2 Å². The van der Waals surface area contributed by atoms with E-state index >= 15 is 0 Å². The molecule has 104 valence electrons. The highest BCUT2D eigenvalue weighted by molar-refractivity contribution is 5.99. The van der Waals surface area contributed by atoms with Gasteiger partial charge in [0.1, 0.15) is 0 Å². The quantitative estimate of drug-likeness (QED) is 0.848. The number of primary amides is 1. The maximum atomic E-state index is 11.7. The Hall–Kier alpha value is -1.62. The Labute approximate surface area is 114 Å². The van der Waals surface area contributed by atoms with Crippen LogP contribution in [0, 0.1) is 13.8 Å². The Morgan fingerprint density at radius 3 is 2.95 bits per heavy atom. The van der Waals surface area contributed by atoms with E-state index in [9.17, 15) is 4.79 Å². The molecule has 1 atom stereocenters. The van der Waals surface area contributed by atoms with E-state index < -0.39 is 5.91 Å². The number of anilines is 1. The predicted octanol–water partition coefficient (Wildman–Crippen LogP) is 0.986. The number of rotatable bonds is 4. The van der Waals surface area contributed by atoms with Gasteiger partial charge in [0.15, 0.2) is 0 Å². The summed E-state index contributed by atoms with van der Waals surface area (Å²) in [6, 6.07) is 2.39. The molecule has 0 radical (unpaired) electrons. The van der Waals surface area contributed by atoms with Crippen LogP contribution in [0.25, 0.3) is 0 Å². The lowest BCUT2D eigenvalue weighted by Gasteiger charge is -2.29. The number of likely N-dealkylation sites (N-methyl/N-ethyl adjacent to an activating group) is 1. The highest BCUT2D eigenvalue weighted by Gasteiger charge is 2.28. The van der Waals surface area contributed by atoms with Gasteiger partial charge in [-0.2, -0.15) is 0 Å². The van der Waals surface area contributed by atoms with Crippen LogP contribution in [0.1, 0.15) is 34.6 Å². The van der Waals surface area contributed by atoms with Crippen molar-refractivity contribution in [2.75, 3.05) is 25.0 Å². The fourth-order valence-corrected chi connectivity index (χ4v) is 2.94. The first-order chi connectivity index (χ1) is 9.04. The first-order valence-corrected chi connectivity index (χ1v) is 6.74. The normalized spacial score (nSPS) is 18.9. The highest BCUT2D eigenvalue weighted by atomic mass is 16.1. The van der Waals surface area contributed by atoms with E-state index in [-0.39, 0.29) is 0 Å². The zero-order valence-electron chi connectivity index (χ0n) is 11.9. The maximum Gasteiger partial charge on any atom is 0.252 e. The van der Waals surface area contributed by atoms with Gasteiger partial charge in [0.25, 0.3) is 5.91 Å². The monoisotopic (exact) mass is 262 g/mol. The van der Waals surface area contributed by atoms with Crippen LogP contribution in [0.5, 0.6) is 0 Å². The molecule has 0 spiro atoms. The third-order valence-corrected chi connectivity index (χ3v) is 3.68. The van der Waals surface area contributed by atoms with Crippen LogP contribution in [-0.2, 0) is 0 Å². The number of nitrogens with two attached hydrogens (primary N) is 1. The Morgan fingerprint density at radius 1 is 1.58 bits per heavy atom. The zero-order chi connectivity index (χ0) is 14.0. The molecule has 1 amide bonds. The van der Waals surface area contributed by atoms with Crippen LogP contribution in [0.2, 0.25) is 0 Å². The van der Waals surface area contributed by atoms with Crippen molar-refractivity contribution in [2.45, 2.75) is 32.7 Å². The first-order valence-electron chi connectivity index (χ1n) is 6.74. The highest BCUT2D eigenvalue weighted by Crippen LogP contribution is 2.30. The van der Waals surface area contributed by atoms with Crippen molar-refractivity contribution in [3.05, 3.63) is 23.0 Å². The third kappa shape index (κ3) is 2.71. The standard InChI is InChI=1S/C14H22N4O/c1-9-7-12(13(14(15)19)10(2)17-9)18-6-4-5-11(18)8-16-3/h7,11,16H,4-6,8H2,1-3H3,(H2,15,19). The summed E-state index contributed by atoms with van der Waals surface area (Å²) in [5.74, 6) is -0.393. The first kappa shape index (κ1) is 13.8. The molecular weight excluding hydrogens is 240 g/mol. The van der Waals surface area contributed by atoms with Crippen LogP contribution in [0.3, 0.4) is 0 Å². The second-order valence-electron chi connectivity index (χ2n) is 5.15. The molecule has 0 aromatic carbocycles. The van der Waals surface area contributed by atoms with Gasteiger partial charge in [-0.25, -0.2) is 0 Å². The molecule has 1 saturated heterocycles. The zero-order valence-corrected chi connectivity index (χ0v) is 11.9. The molecule has 1 aromatic heterocycles. The number of amides is 1. The fraction of sp³-hybridized carbons (Fsp3) is 0.571. The third-order valence-electron chi connectivity index (χ3n) is 3.68. The molecule has 1 aromatic rings. The van der Waals surface area contributed by atoms with Gasteiger partial charge in [0.05, 0.1) is 16.9 Å². The Morgan fingerprint density at radius 2 is 2.32 bits per heavy atom. The summed E-state index contributed by atoms with van der Waals surface area (Å²) in [6.45, 7) is 5.68. The number of hydrogen-bond acceptors (Lipinski definition) is 4. The topological polar surface area (TPSA) is 71.2 Å². The summed E-state index contributed by atoms with van der Waals surface area (Å²) in [7, 11) is 1.95. The second-order valence-corrected chi connectivity index (χ2v) is 5.15. The number of hydrogen-bond donors (Lipinski definition) is 2. The molecule has 0 bridgehead atoms. The minimum absolute atomic E-state index is 0.393. The molecular formula is C14H22N4O. The van der Waals surface area contributed by atoms with Gasteiger partial charge < -0.3 is 16.0 Å². The van der Waals surface area contributed by atoms with Gasteiger partial charge in [-0.3, -0.25) is 9.78 Å². The summed E-state index contributed by atoms with van der Waals surface area (Å²) in [5.41, 5.74) is 8.68. The van der Waals surface area contributed by atoms with E-state index in [1.54, 1.807) is 0 Å². The average molecular weight is 262 g/mol. The van der Waals surface area contributed by atoms with Gasteiger partial charge in [-0.15, -0.1) is 0 Å². The summed E-state index contributed by atoms with van der Waals surface area (Å²) >= 11 is 0. The minimum Gasteiger partial charge on any atom is -0.367 e. The molecule has 1 unspecified atom stereocenters. The van der Waals surface area contributed by atoms with Crippen LogP contribution in [0.15, 0.2) is 6.07 Å². The molecule has 2 heterocycles. The molecule has 1 aliphatic rings. The summed E-state index contributed by atoms with van der Waals surface area (Å²) < 4.78 is 0. The summed E-state index contributed by atoms with van der Waals surface area (Å²) in [5, 5.41) is 3.21. The summed E-state index contributed by atoms with van der Waals surface area (Å²) in [6.07, 6.45) is 2.28. The van der Waals surface area contributed by atoms with E-state index in [0.29, 0.717) is 11.6 Å². The van der Waals surface area contributed by atoms with Crippen LogP contribution >= 0.6 is 0 Å². The molecule has 19 heavy (non-hydrogen) atoms. The lowest BCUT2D eigenvalue weighted by Crippen LogP contribution is -2.38. The van der Waals surface area contributed by atoms with Crippen molar-refractivity contribution in [1.82, 2.24) is 10.3 Å². The van der Waals surface area contributed by atoms with E-state index in [4.69, 9.17) is 5.73 Å². The van der Waals surface area contributed by atoms with Crippen molar-refractivity contribution >= 4 is 11.6 Å². The smallest absolute Gasteiger partial charge is 0.252 e. The molecule has 2 rings (SSSR count). The van der Waals surface area contributed by atoms with Crippen molar-refractivity contribution in [3.63, 3.8) is 0 Å².